The predicted octanol–water partition coefficient (Wildman–Crippen LogP) is 2.75. The molecule has 0 radical (unpaired) electrons. The molecule has 25 heavy (non-hydrogen) atoms. The van der Waals surface area contributed by atoms with Gasteiger partial charge in [-0.15, -0.1) is 0 Å². The van der Waals surface area contributed by atoms with E-state index in [4.69, 9.17) is 10.5 Å². The Morgan fingerprint density at radius 1 is 0.960 bits per heavy atom. The number of benzene rings is 1. The minimum absolute atomic E-state index is 0.140. The molecule has 1 fully saturated rings. The minimum Gasteiger partial charge on any atom is -0.378 e. The highest BCUT2D eigenvalue weighted by molar-refractivity contribution is 7.89. The van der Waals surface area contributed by atoms with Crippen molar-refractivity contribution in [3.63, 3.8) is 0 Å². The van der Waals surface area contributed by atoms with Gasteiger partial charge in [0, 0.05) is 19.7 Å². The second-order valence-electron chi connectivity index (χ2n) is 7.07. The van der Waals surface area contributed by atoms with Crippen molar-refractivity contribution in [1.82, 2.24) is 4.31 Å². The Hall–Kier alpha value is -0.950. The molecule has 2 N–H and O–H groups in total. The summed E-state index contributed by atoms with van der Waals surface area (Å²) in [5.74, 6) is 0. The van der Waals surface area contributed by atoms with Crippen LogP contribution in [0.5, 0.6) is 0 Å². The highest BCUT2D eigenvalue weighted by atomic mass is 32.2. The van der Waals surface area contributed by atoms with Gasteiger partial charge in [-0.2, -0.15) is 4.31 Å². The largest absolute Gasteiger partial charge is 0.378 e. The quantitative estimate of drug-likeness (QED) is 0.784. The molecule has 0 aromatic heterocycles. The van der Waals surface area contributed by atoms with E-state index >= 15 is 0 Å². The molecule has 0 saturated carbocycles. The van der Waals surface area contributed by atoms with Crippen LogP contribution in [0.3, 0.4) is 0 Å². The van der Waals surface area contributed by atoms with E-state index in [0.717, 1.165) is 41.5 Å². The second-order valence-corrected chi connectivity index (χ2v) is 8.95. The minimum atomic E-state index is -3.48. The molecule has 1 aliphatic rings. The van der Waals surface area contributed by atoms with Gasteiger partial charge < -0.3 is 10.5 Å². The summed E-state index contributed by atoms with van der Waals surface area (Å²) in [4.78, 5) is 0.496. The third-order valence-electron chi connectivity index (χ3n) is 5.63. The summed E-state index contributed by atoms with van der Waals surface area (Å²) < 4.78 is 34.0. The van der Waals surface area contributed by atoms with E-state index in [2.05, 4.69) is 6.92 Å². The summed E-state index contributed by atoms with van der Waals surface area (Å²) in [7, 11) is -3.48. The monoisotopic (exact) mass is 368 g/mol. The molecule has 1 aromatic rings. The van der Waals surface area contributed by atoms with E-state index in [1.807, 2.05) is 27.7 Å². The smallest absolute Gasteiger partial charge is 0.243 e. The molecule has 1 saturated heterocycles. The van der Waals surface area contributed by atoms with E-state index in [9.17, 15) is 8.42 Å². The predicted molar refractivity (Wildman–Crippen MR) is 102 cm³/mol. The summed E-state index contributed by atoms with van der Waals surface area (Å²) in [6.45, 7) is 12.2. The fourth-order valence-corrected chi connectivity index (χ4v) is 5.58. The van der Waals surface area contributed by atoms with E-state index in [1.54, 1.807) is 4.31 Å². The van der Waals surface area contributed by atoms with Gasteiger partial charge in [-0.05, 0) is 88.2 Å². The van der Waals surface area contributed by atoms with Crippen LogP contribution in [0.1, 0.15) is 47.1 Å². The normalized spacial score (nSPS) is 17.2. The van der Waals surface area contributed by atoms with Crippen LogP contribution in [-0.4, -0.2) is 45.1 Å². The standard InChI is InChI=1S/C19H32N2O3S/c1-13-14(2)16(4)19(17(5)15(13)3)25(22,23)21-10-7-18(8-11-21)24-12-6-9-20/h18H,6-12,20H2,1-5H3. The third kappa shape index (κ3) is 4.08. The number of sulfonamides is 1. The van der Waals surface area contributed by atoms with Crippen LogP contribution in [0.15, 0.2) is 4.90 Å². The van der Waals surface area contributed by atoms with Crippen LogP contribution in [0.4, 0.5) is 0 Å². The SMILES string of the molecule is Cc1c(C)c(C)c(S(=O)(=O)N2CCC(OCCCN)CC2)c(C)c1C. The lowest BCUT2D eigenvalue weighted by Gasteiger charge is -2.32. The number of piperidine rings is 1. The molecule has 0 amide bonds. The van der Waals surface area contributed by atoms with Crippen molar-refractivity contribution in [2.45, 2.75) is 64.9 Å². The van der Waals surface area contributed by atoms with Crippen LogP contribution < -0.4 is 5.73 Å². The number of ether oxygens (including phenoxy) is 1. The number of hydrogen-bond donors (Lipinski definition) is 1. The summed E-state index contributed by atoms with van der Waals surface area (Å²) >= 11 is 0. The van der Waals surface area contributed by atoms with Gasteiger partial charge in [0.25, 0.3) is 0 Å². The molecule has 0 unspecified atom stereocenters. The Morgan fingerprint density at radius 3 is 1.92 bits per heavy atom. The Morgan fingerprint density at radius 2 is 1.44 bits per heavy atom. The zero-order chi connectivity index (χ0) is 18.8. The molecular formula is C19H32N2O3S. The van der Waals surface area contributed by atoms with Crippen molar-refractivity contribution >= 4 is 10.0 Å². The number of nitrogens with two attached hydrogens (primary N) is 1. The average molecular weight is 369 g/mol. The van der Waals surface area contributed by atoms with Crippen LogP contribution in [0.25, 0.3) is 0 Å². The summed E-state index contributed by atoms with van der Waals surface area (Å²) in [5, 5.41) is 0. The zero-order valence-corrected chi connectivity index (χ0v) is 17.0. The number of rotatable bonds is 6. The molecular weight excluding hydrogens is 336 g/mol. The van der Waals surface area contributed by atoms with Crippen LogP contribution in [0.2, 0.25) is 0 Å². The van der Waals surface area contributed by atoms with Crippen molar-refractivity contribution in [2.75, 3.05) is 26.2 Å². The molecule has 0 aliphatic carbocycles. The first-order valence-electron chi connectivity index (χ1n) is 9.10. The Balaban J connectivity index is 2.21. The maximum absolute atomic E-state index is 13.3. The molecule has 1 aliphatic heterocycles. The van der Waals surface area contributed by atoms with Crippen LogP contribution in [0, 0.1) is 34.6 Å². The lowest BCUT2D eigenvalue weighted by atomic mass is 9.95. The molecule has 6 heteroatoms. The fourth-order valence-electron chi connectivity index (χ4n) is 3.55. The van der Waals surface area contributed by atoms with Gasteiger partial charge in [0.15, 0.2) is 0 Å². The van der Waals surface area contributed by atoms with E-state index in [-0.39, 0.29) is 6.10 Å². The first-order valence-corrected chi connectivity index (χ1v) is 10.5. The maximum atomic E-state index is 13.3. The van der Waals surface area contributed by atoms with E-state index < -0.39 is 10.0 Å². The first kappa shape index (κ1) is 20.4. The van der Waals surface area contributed by atoms with Crippen molar-refractivity contribution in [3.8, 4) is 0 Å². The third-order valence-corrected chi connectivity index (χ3v) is 7.81. The van der Waals surface area contributed by atoms with E-state index in [0.29, 0.717) is 31.1 Å². The summed E-state index contributed by atoms with van der Waals surface area (Å²) in [6, 6.07) is 0. The van der Waals surface area contributed by atoms with Gasteiger partial charge in [-0.25, -0.2) is 8.42 Å². The van der Waals surface area contributed by atoms with Crippen molar-refractivity contribution in [3.05, 3.63) is 27.8 Å². The van der Waals surface area contributed by atoms with Gasteiger partial charge >= 0.3 is 0 Å². The van der Waals surface area contributed by atoms with Crippen LogP contribution >= 0.6 is 0 Å². The van der Waals surface area contributed by atoms with Crippen molar-refractivity contribution in [2.24, 2.45) is 5.73 Å². The molecule has 142 valence electrons. The van der Waals surface area contributed by atoms with Gasteiger partial charge in [0.05, 0.1) is 11.0 Å². The zero-order valence-electron chi connectivity index (χ0n) is 16.2. The molecule has 2 rings (SSSR count). The Kier molecular flexibility index (Phi) is 6.65. The lowest BCUT2D eigenvalue weighted by Crippen LogP contribution is -2.41. The van der Waals surface area contributed by atoms with Crippen molar-refractivity contribution in [1.29, 1.82) is 0 Å². The summed E-state index contributed by atoms with van der Waals surface area (Å²) in [6.07, 6.45) is 2.47. The highest BCUT2D eigenvalue weighted by Gasteiger charge is 2.33. The highest BCUT2D eigenvalue weighted by Crippen LogP contribution is 2.32. The Bertz CT molecular complexity index is 692. The Labute approximate surface area is 152 Å². The molecule has 0 atom stereocenters. The summed E-state index contributed by atoms with van der Waals surface area (Å²) in [5.41, 5.74) is 10.6. The average Bonchev–Trinajstić information content (AvgIpc) is 2.59. The van der Waals surface area contributed by atoms with Crippen molar-refractivity contribution < 1.29 is 13.2 Å². The molecule has 0 bridgehead atoms. The number of hydrogen-bond acceptors (Lipinski definition) is 4. The van der Waals surface area contributed by atoms with Gasteiger partial charge in [0.2, 0.25) is 10.0 Å². The first-order chi connectivity index (χ1) is 11.7. The molecule has 5 nitrogen and oxygen atoms in total. The molecule has 1 aromatic carbocycles. The second kappa shape index (κ2) is 8.16. The van der Waals surface area contributed by atoms with Gasteiger partial charge in [-0.1, -0.05) is 0 Å². The topological polar surface area (TPSA) is 72.6 Å². The van der Waals surface area contributed by atoms with E-state index in [1.165, 1.54) is 5.56 Å². The van der Waals surface area contributed by atoms with Gasteiger partial charge in [0.1, 0.15) is 0 Å². The lowest BCUT2D eigenvalue weighted by molar-refractivity contribution is 0.0209. The fraction of sp³-hybridized carbons (Fsp3) is 0.684. The van der Waals surface area contributed by atoms with Gasteiger partial charge in [-0.3, -0.25) is 0 Å². The molecule has 0 spiro atoms. The maximum Gasteiger partial charge on any atom is 0.243 e. The molecule has 1 heterocycles. The van der Waals surface area contributed by atoms with Crippen LogP contribution in [-0.2, 0) is 14.8 Å². The number of nitrogens with zero attached hydrogens (tertiary/aromatic N) is 1.